The van der Waals surface area contributed by atoms with Crippen molar-refractivity contribution >= 4 is 7.81 Å². The number of rotatable bonds is 0. The van der Waals surface area contributed by atoms with Gasteiger partial charge in [-0.05, 0) is 51.4 Å². The van der Waals surface area contributed by atoms with Crippen molar-refractivity contribution in [2.45, 2.75) is 51.4 Å². The molecular weight excluding hydrogens is 529 g/mol. The van der Waals surface area contributed by atoms with Gasteiger partial charge in [0.15, 0.2) is 0 Å². The van der Waals surface area contributed by atoms with E-state index in [0.717, 1.165) is 0 Å². The molecule has 0 nitrogen and oxygen atoms in total. The Labute approximate surface area is 153 Å². The summed E-state index contributed by atoms with van der Waals surface area (Å²) in [7, 11) is -10.7. The molecule has 145 valence electrons. The Balaban J connectivity index is 0. The molecule has 0 unspecified atom stereocenters. The molecule has 0 spiro atoms. The van der Waals surface area contributed by atoms with Crippen molar-refractivity contribution in [1.82, 2.24) is 0 Å². The van der Waals surface area contributed by atoms with Crippen LogP contribution in [0.1, 0.15) is 51.4 Å². The van der Waals surface area contributed by atoms with E-state index in [-0.39, 0.29) is 20.1 Å². The van der Waals surface area contributed by atoms with Crippen LogP contribution in [0.15, 0.2) is 48.6 Å². The molecule has 0 aromatic heterocycles. The van der Waals surface area contributed by atoms with Gasteiger partial charge in [0.1, 0.15) is 0 Å². The van der Waals surface area contributed by atoms with E-state index in [1.54, 1.807) is 0 Å². The maximum Gasteiger partial charge on any atom is 0 e. The van der Waals surface area contributed by atoms with Gasteiger partial charge in [-0.15, -0.1) is 0 Å². The van der Waals surface area contributed by atoms with Gasteiger partial charge in [-0.3, -0.25) is 0 Å². The molecule has 0 atom stereocenters. The van der Waals surface area contributed by atoms with Crippen LogP contribution in [0, 0.1) is 0 Å². The minimum absolute atomic E-state index is 0. The van der Waals surface area contributed by atoms with Crippen LogP contribution in [0.25, 0.3) is 0 Å². The summed E-state index contributed by atoms with van der Waals surface area (Å²) in [5.41, 5.74) is 0. The molecule has 0 aliphatic heterocycles. The Morgan fingerprint density at radius 3 is 0.542 bits per heavy atom. The van der Waals surface area contributed by atoms with E-state index in [1.165, 1.54) is 51.4 Å². The third-order valence-electron chi connectivity index (χ3n) is 2.67. The first kappa shape index (κ1) is 25.9. The summed E-state index contributed by atoms with van der Waals surface area (Å²) in [4.78, 5) is 0. The SMILES string of the molecule is C1=CCC/C=C\CC1.C1=CCC/C=C\CC1.F[P-](F)(F)(F)(F)F.[Ir]. The number of hydrogen-bond donors (Lipinski definition) is 0. The first-order valence-electron chi connectivity index (χ1n) is 7.61. The molecule has 8 heteroatoms. The normalized spacial score (nSPS) is 22.8. The number of allylic oxidation sites excluding steroid dienone is 8. The minimum Gasteiger partial charge on any atom is 0 e. The molecule has 1 radical (unpaired) electrons. The van der Waals surface area contributed by atoms with Crippen LogP contribution in [0.3, 0.4) is 0 Å². The summed E-state index contributed by atoms with van der Waals surface area (Å²) < 4.78 is 59.2. The molecule has 0 N–H and O–H groups in total. The topological polar surface area (TPSA) is 0 Å². The average Bonchev–Trinajstić information content (AvgIpc) is 2.22. The average molecular weight is 554 g/mol. The molecule has 0 saturated carbocycles. The van der Waals surface area contributed by atoms with E-state index < -0.39 is 7.81 Å². The molecule has 0 saturated heterocycles. The second-order valence-corrected chi connectivity index (χ2v) is 7.07. The molecule has 2 aliphatic rings. The molecule has 24 heavy (non-hydrogen) atoms. The first-order chi connectivity index (χ1) is 10.4. The third-order valence-corrected chi connectivity index (χ3v) is 2.67. The van der Waals surface area contributed by atoms with Crippen LogP contribution < -0.4 is 0 Å². The smallest absolute Gasteiger partial charge is 0 e. The summed E-state index contributed by atoms with van der Waals surface area (Å²) in [5.74, 6) is 0. The summed E-state index contributed by atoms with van der Waals surface area (Å²) in [6.07, 6.45) is 28.0. The van der Waals surface area contributed by atoms with E-state index in [1.807, 2.05) is 0 Å². The van der Waals surface area contributed by atoms with Gasteiger partial charge in [0, 0.05) is 20.1 Å². The maximum absolute atomic E-state index is 10.7. The Bertz CT molecular complexity index is 343. The van der Waals surface area contributed by atoms with Crippen LogP contribution in [0.5, 0.6) is 0 Å². The second kappa shape index (κ2) is 11.3. The van der Waals surface area contributed by atoms with Gasteiger partial charge in [0.25, 0.3) is 0 Å². The van der Waals surface area contributed by atoms with Gasteiger partial charge < -0.3 is 0 Å². The standard InChI is InChI=1S/2C8H12.F6P.Ir/c2*1-2-4-6-8-7-5-3-1;1-7(2,3,4,5)6;/h2*1-2,7-8H,3-6H2;;/q;;-1;/b2*2-1-,8-7?;;. The van der Waals surface area contributed by atoms with E-state index in [9.17, 15) is 25.2 Å². The van der Waals surface area contributed by atoms with Gasteiger partial charge in [-0.1, -0.05) is 48.6 Å². The molecule has 0 heterocycles. The van der Waals surface area contributed by atoms with Crippen LogP contribution in [-0.2, 0) is 20.1 Å². The van der Waals surface area contributed by atoms with Crippen LogP contribution >= 0.6 is 7.81 Å². The first-order valence-corrected chi connectivity index (χ1v) is 9.64. The van der Waals surface area contributed by atoms with Crippen molar-refractivity contribution in [2.75, 3.05) is 0 Å². The van der Waals surface area contributed by atoms with Gasteiger partial charge in [-0.2, -0.15) is 0 Å². The fourth-order valence-corrected chi connectivity index (χ4v) is 1.71. The van der Waals surface area contributed by atoms with Gasteiger partial charge in [-0.25, -0.2) is 0 Å². The van der Waals surface area contributed by atoms with Crippen molar-refractivity contribution in [1.29, 1.82) is 0 Å². The van der Waals surface area contributed by atoms with E-state index in [2.05, 4.69) is 48.6 Å². The van der Waals surface area contributed by atoms with Gasteiger partial charge in [0.2, 0.25) is 0 Å². The van der Waals surface area contributed by atoms with Crippen molar-refractivity contribution in [3.05, 3.63) is 48.6 Å². The Kier molecular flexibility index (Phi) is 12.1. The molecular formula is C16H24F6IrP-. The summed E-state index contributed by atoms with van der Waals surface area (Å²) >= 11 is 0. The largest absolute Gasteiger partial charge is 0 e. The van der Waals surface area contributed by atoms with Crippen molar-refractivity contribution in [2.24, 2.45) is 0 Å². The quantitative estimate of drug-likeness (QED) is 0.160. The predicted molar refractivity (Wildman–Crippen MR) is 87.1 cm³/mol. The van der Waals surface area contributed by atoms with Crippen LogP contribution in [-0.4, -0.2) is 0 Å². The Hall–Kier alpha value is -0.381. The van der Waals surface area contributed by atoms with E-state index in [4.69, 9.17) is 0 Å². The fourth-order valence-electron chi connectivity index (χ4n) is 1.71. The predicted octanol–water partition coefficient (Wildman–Crippen LogP) is 8.73. The number of halogens is 6. The number of hydrogen-bond acceptors (Lipinski definition) is 0. The Morgan fingerprint density at radius 2 is 0.458 bits per heavy atom. The monoisotopic (exact) mass is 554 g/mol. The molecule has 0 bridgehead atoms. The maximum atomic E-state index is 9.87. The summed E-state index contributed by atoms with van der Waals surface area (Å²) in [5, 5.41) is 0. The van der Waals surface area contributed by atoms with Crippen molar-refractivity contribution in [3.63, 3.8) is 0 Å². The second-order valence-electron chi connectivity index (χ2n) is 5.15. The molecule has 2 aliphatic carbocycles. The van der Waals surface area contributed by atoms with Crippen molar-refractivity contribution < 1.29 is 45.3 Å². The Morgan fingerprint density at radius 1 is 0.375 bits per heavy atom. The minimum atomic E-state index is -10.7. The summed E-state index contributed by atoms with van der Waals surface area (Å²) in [6.45, 7) is 0. The van der Waals surface area contributed by atoms with Gasteiger partial charge >= 0.3 is 33.0 Å². The van der Waals surface area contributed by atoms with Gasteiger partial charge in [0.05, 0.1) is 0 Å². The zero-order valence-electron chi connectivity index (χ0n) is 13.3. The van der Waals surface area contributed by atoms with E-state index in [0.29, 0.717) is 0 Å². The molecule has 0 aromatic rings. The molecule has 0 fully saturated rings. The molecule has 0 aromatic carbocycles. The zero-order valence-corrected chi connectivity index (χ0v) is 16.6. The van der Waals surface area contributed by atoms with Crippen molar-refractivity contribution in [3.8, 4) is 0 Å². The third kappa shape index (κ3) is 37.7. The summed E-state index contributed by atoms with van der Waals surface area (Å²) in [6, 6.07) is 0. The zero-order chi connectivity index (χ0) is 17.7. The molecule has 0 amide bonds. The van der Waals surface area contributed by atoms with E-state index >= 15 is 0 Å². The molecule has 2 rings (SSSR count). The van der Waals surface area contributed by atoms with Crippen LogP contribution in [0.2, 0.25) is 0 Å². The fraction of sp³-hybridized carbons (Fsp3) is 0.500. The van der Waals surface area contributed by atoms with Crippen LogP contribution in [0.4, 0.5) is 25.2 Å².